The van der Waals surface area contributed by atoms with Crippen LogP contribution >= 0.6 is 31.9 Å². The number of rotatable bonds is 6. The van der Waals surface area contributed by atoms with Gasteiger partial charge in [-0.15, -0.1) is 0 Å². The zero-order valence-electron chi connectivity index (χ0n) is 12.8. The molecule has 0 saturated carbocycles. The molecule has 2 rings (SSSR count). The molecule has 0 bridgehead atoms. The Bertz CT molecular complexity index is 674. The van der Waals surface area contributed by atoms with E-state index in [0.717, 1.165) is 20.3 Å². The van der Waals surface area contributed by atoms with E-state index in [2.05, 4.69) is 37.2 Å². The summed E-state index contributed by atoms with van der Waals surface area (Å²) >= 11 is 6.79. The normalized spacial score (nSPS) is 11.7. The standard InChI is InChI=1S/C17H17Br2NO3/c1-11(23-16-8-5-13(18)9-15(16)19)17(21)20-10-12-3-6-14(22-2)7-4-12/h3-9,11H,10H2,1-2H3,(H,20,21). The molecule has 1 unspecified atom stereocenters. The van der Waals surface area contributed by atoms with Crippen molar-refractivity contribution in [1.29, 1.82) is 0 Å². The average Bonchev–Trinajstić information content (AvgIpc) is 2.55. The molecule has 0 heterocycles. The summed E-state index contributed by atoms with van der Waals surface area (Å²) in [6.07, 6.45) is -0.592. The van der Waals surface area contributed by atoms with E-state index in [9.17, 15) is 4.79 Å². The van der Waals surface area contributed by atoms with E-state index in [1.807, 2.05) is 36.4 Å². The molecule has 4 nitrogen and oxygen atoms in total. The van der Waals surface area contributed by atoms with Crippen LogP contribution in [0.25, 0.3) is 0 Å². The van der Waals surface area contributed by atoms with Crippen LogP contribution in [0.4, 0.5) is 0 Å². The van der Waals surface area contributed by atoms with Crippen LogP contribution in [0.2, 0.25) is 0 Å². The van der Waals surface area contributed by atoms with E-state index in [-0.39, 0.29) is 5.91 Å². The Kier molecular flexibility index (Phi) is 6.47. The van der Waals surface area contributed by atoms with E-state index < -0.39 is 6.10 Å². The third-order valence-corrected chi connectivity index (χ3v) is 4.31. The first-order valence-electron chi connectivity index (χ1n) is 7.02. The molecule has 0 aliphatic rings. The number of nitrogens with one attached hydrogen (secondary N) is 1. The maximum atomic E-state index is 12.1. The highest BCUT2D eigenvalue weighted by Crippen LogP contribution is 2.28. The van der Waals surface area contributed by atoms with Crippen molar-refractivity contribution in [3.05, 3.63) is 57.0 Å². The highest BCUT2D eigenvalue weighted by Gasteiger charge is 2.15. The minimum Gasteiger partial charge on any atom is -0.497 e. The molecule has 0 aliphatic heterocycles. The molecular weight excluding hydrogens is 426 g/mol. The Labute approximate surface area is 152 Å². The molecule has 0 saturated heterocycles. The summed E-state index contributed by atoms with van der Waals surface area (Å²) in [4.78, 5) is 12.1. The zero-order chi connectivity index (χ0) is 16.8. The van der Waals surface area contributed by atoms with Crippen molar-refractivity contribution in [1.82, 2.24) is 5.32 Å². The predicted molar refractivity (Wildman–Crippen MR) is 96.8 cm³/mol. The SMILES string of the molecule is COc1ccc(CNC(=O)C(C)Oc2ccc(Br)cc2Br)cc1. The number of ether oxygens (including phenoxy) is 2. The summed E-state index contributed by atoms with van der Waals surface area (Å²) in [5.74, 6) is 1.24. The number of hydrogen-bond donors (Lipinski definition) is 1. The summed E-state index contributed by atoms with van der Waals surface area (Å²) in [5, 5.41) is 2.86. The Morgan fingerprint density at radius 3 is 2.48 bits per heavy atom. The summed E-state index contributed by atoms with van der Waals surface area (Å²) in [7, 11) is 1.62. The van der Waals surface area contributed by atoms with Crippen LogP contribution in [0.3, 0.4) is 0 Å². The van der Waals surface area contributed by atoms with Crippen molar-refractivity contribution in [2.45, 2.75) is 19.6 Å². The third kappa shape index (κ3) is 5.25. The Balaban J connectivity index is 1.89. The molecule has 2 aromatic rings. The van der Waals surface area contributed by atoms with Crippen molar-refractivity contribution >= 4 is 37.8 Å². The van der Waals surface area contributed by atoms with Crippen molar-refractivity contribution in [3.8, 4) is 11.5 Å². The predicted octanol–water partition coefficient (Wildman–Crippen LogP) is 4.30. The first-order valence-corrected chi connectivity index (χ1v) is 8.60. The lowest BCUT2D eigenvalue weighted by Gasteiger charge is -2.16. The van der Waals surface area contributed by atoms with Crippen LogP contribution in [0.5, 0.6) is 11.5 Å². The number of methoxy groups -OCH3 is 1. The highest BCUT2D eigenvalue weighted by molar-refractivity contribution is 9.11. The Hall–Kier alpha value is -1.53. The molecule has 0 aromatic heterocycles. The third-order valence-electron chi connectivity index (χ3n) is 3.19. The Morgan fingerprint density at radius 1 is 1.17 bits per heavy atom. The van der Waals surface area contributed by atoms with Gasteiger partial charge in [-0.05, 0) is 58.7 Å². The molecule has 0 aliphatic carbocycles. The lowest BCUT2D eigenvalue weighted by Crippen LogP contribution is -2.35. The second-order valence-electron chi connectivity index (χ2n) is 4.90. The summed E-state index contributed by atoms with van der Waals surface area (Å²) < 4.78 is 12.5. The summed E-state index contributed by atoms with van der Waals surface area (Å²) in [6, 6.07) is 13.1. The van der Waals surface area contributed by atoms with E-state index in [4.69, 9.17) is 9.47 Å². The van der Waals surface area contributed by atoms with E-state index in [1.165, 1.54) is 0 Å². The molecule has 1 N–H and O–H groups in total. The highest BCUT2D eigenvalue weighted by atomic mass is 79.9. The van der Waals surface area contributed by atoms with Crippen molar-refractivity contribution in [3.63, 3.8) is 0 Å². The fourth-order valence-corrected chi connectivity index (χ4v) is 3.03. The van der Waals surface area contributed by atoms with Gasteiger partial charge in [-0.25, -0.2) is 0 Å². The topological polar surface area (TPSA) is 47.6 Å². The van der Waals surface area contributed by atoms with Gasteiger partial charge in [0.05, 0.1) is 11.6 Å². The average molecular weight is 443 g/mol. The fraction of sp³-hybridized carbons (Fsp3) is 0.235. The number of halogens is 2. The van der Waals surface area contributed by atoms with Gasteiger partial charge in [0.15, 0.2) is 6.10 Å². The van der Waals surface area contributed by atoms with Gasteiger partial charge >= 0.3 is 0 Å². The summed E-state index contributed by atoms with van der Waals surface area (Å²) in [6.45, 7) is 2.16. The van der Waals surface area contributed by atoms with Gasteiger partial charge in [0.2, 0.25) is 0 Å². The maximum Gasteiger partial charge on any atom is 0.261 e. The van der Waals surface area contributed by atoms with E-state index in [1.54, 1.807) is 20.1 Å². The van der Waals surface area contributed by atoms with Gasteiger partial charge in [0, 0.05) is 11.0 Å². The number of benzene rings is 2. The van der Waals surface area contributed by atoms with Crippen LogP contribution in [-0.4, -0.2) is 19.1 Å². The van der Waals surface area contributed by atoms with Crippen molar-refractivity contribution in [2.75, 3.05) is 7.11 Å². The van der Waals surface area contributed by atoms with Gasteiger partial charge < -0.3 is 14.8 Å². The van der Waals surface area contributed by atoms with E-state index in [0.29, 0.717) is 12.3 Å². The molecule has 0 spiro atoms. The lowest BCUT2D eigenvalue weighted by molar-refractivity contribution is -0.127. The molecule has 0 fully saturated rings. The van der Waals surface area contributed by atoms with E-state index >= 15 is 0 Å². The van der Waals surface area contributed by atoms with Crippen LogP contribution in [-0.2, 0) is 11.3 Å². The van der Waals surface area contributed by atoms with Gasteiger partial charge in [-0.2, -0.15) is 0 Å². The Morgan fingerprint density at radius 2 is 1.87 bits per heavy atom. The minimum absolute atomic E-state index is 0.171. The smallest absolute Gasteiger partial charge is 0.261 e. The zero-order valence-corrected chi connectivity index (χ0v) is 16.0. The van der Waals surface area contributed by atoms with Crippen LogP contribution in [0, 0.1) is 0 Å². The van der Waals surface area contributed by atoms with Gasteiger partial charge in [0.1, 0.15) is 11.5 Å². The van der Waals surface area contributed by atoms with Gasteiger partial charge in [0.25, 0.3) is 5.91 Å². The largest absolute Gasteiger partial charge is 0.497 e. The van der Waals surface area contributed by atoms with Crippen molar-refractivity contribution < 1.29 is 14.3 Å². The molecule has 0 radical (unpaired) electrons. The summed E-state index contributed by atoms with van der Waals surface area (Å²) in [5.41, 5.74) is 0.996. The van der Waals surface area contributed by atoms with Crippen LogP contribution < -0.4 is 14.8 Å². The van der Waals surface area contributed by atoms with Crippen LogP contribution in [0.15, 0.2) is 51.4 Å². The second-order valence-corrected chi connectivity index (χ2v) is 6.67. The van der Waals surface area contributed by atoms with Gasteiger partial charge in [-0.1, -0.05) is 28.1 Å². The monoisotopic (exact) mass is 441 g/mol. The quantitative estimate of drug-likeness (QED) is 0.725. The number of carbonyl (C=O) groups is 1. The molecule has 1 amide bonds. The van der Waals surface area contributed by atoms with Crippen LogP contribution in [0.1, 0.15) is 12.5 Å². The number of hydrogen-bond acceptors (Lipinski definition) is 3. The molecule has 23 heavy (non-hydrogen) atoms. The molecule has 1 atom stereocenters. The van der Waals surface area contributed by atoms with Crippen molar-refractivity contribution in [2.24, 2.45) is 0 Å². The maximum absolute atomic E-state index is 12.1. The number of carbonyl (C=O) groups excluding carboxylic acids is 1. The molecule has 2 aromatic carbocycles. The second kappa shape index (κ2) is 8.36. The molecular formula is C17H17Br2NO3. The molecule has 6 heteroatoms. The minimum atomic E-state index is -0.592. The lowest BCUT2D eigenvalue weighted by atomic mass is 10.2. The molecule has 122 valence electrons. The fourth-order valence-electron chi connectivity index (χ4n) is 1.89. The van der Waals surface area contributed by atoms with Gasteiger partial charge in [-0.3, -0.25) is 4.79 Å². The first-order chi connectivity index (χ1) is 11.0. The first kappa shape index (κ1) is 17.8. The number of amides is 1.